The zero-order valence-electron chi connectivity index (χ0n) is 8.24. The molecule has 1 aliphatic rings. The number of halogens is 1. The topological polar surface area (TPSA) is 3.24 Å². The molecule has 1 aromatic carbocycles. The summed E-state index contributed by atoms with van der Waals surface area (Å²) < 4.78 is 12.7. The first-order valence-electron chi connectivity index (χ1n) is 4.81. The zero-order chi connectivity index (χ0) is 9.97. The van der Waals surface area contributed by atoms with E-state index in [0.29, 0.717) is 6.04 Å². The van der Waals surface area contributed by atoms with Gasteiger partial charge in [-0.2, -0.15) is 11.8 Å². The van der Waals surface area contributed by atoms with Gasteiger partial charge in [0.05, 0.1) is 0 Å². The molecule has 1 atom stereocenters. The first-order chi connectivity index (χ1) is 6.77. The van der Waals surface area contributed by atoms with Crippen LogP contribution in [0.15, 0.2) is 24.3 Å². The van der Waals surface area contributed by atoms with Crippen LogP contribution in [0.3, 0.4) is 0 Å². The van der Waals surface area contributed by atoms with Gasteiger partial charge in [0.25, 0.3) is 0 Å². The molecule has 0 bridgehead atoms. The van der Waals surface area contributed by atoms with Gasteiger partial charge in [0.2, 0.25) is 0 Å². The van der Waals surface area contributed by atoms with Crippen molar-refractivity contribution in [1.82, 2.24) is 4.90 Å². The average molecular weight is 211 g/mol. The Hall–Kier alpha value is -0.540. The zero-order valence-corrected chi connectivity index (χ0v) is 9.06. The number of rotatable bonds is 1. The molecule has 0 aliphatic carbocycles. The van der Waals surface area contributed by atoms with Gasteiger partial charge in [-0.15, -0.1) is 0 Å². The Bertz CT molecular complexity index is 299. The van der Waals surface area contributed by atoms with Crippen molar-refractivity contribution in [3.8, 4) is 0 Å². The van der Waals surface area contributed by atoms with E-state index < -0.39 is 0 Å². The number of thioether (sulfide) groups is 1. The Morgan fingerprint density at radius 3 is 2.71 bits per heavy atom. The molecule has 0 saturated carbocycles. The van der Waals surface area contributed by atoms with E-state index >= 15 is 0 Å². The Morgan fingerprint density at radius 2 is 2.07 bits per heavy atom. The van der Waals surface area contributed by atoms with Crippen molar-refractivity contribution in [2.24, 2.45) is 0 Å². The molecule has 1 heterocycles. The maximum Gasteiger partial charge on any atom is 0.123 e. The fraction of sp³-hybridized carbons (Fsp3) is 0.455. The molecule has 1 saturated heterocycles. The molecule has 0 aromatic heterocycles. The van der Waals surface area contributed by atoms with Crippen LogP contribution in [-0.2, 0) is 0 Å². The van der Waals surface area contributed by atoms with Crippen molar-refractivity contribution in [3.63, 3.8) is 0 Å². The third-order valence-corrected chi connectivity index (χ3v) is 3.67. The standard InChI is InChI=1S/C11H14FNS/c1-13-6-7-14-8-11(13)9-2-4-10(12)5-3-9/h2-5,11H,6-8H2,1H3. The molecule has 0 radical (unpaired) electrons. The van der Waals surface area contributed by atoms with Crippen LogP contribution >= 0.6 is 11.8 Å². The minimum absolute atomic E-state index is 0.153. The van der Waals surface area contributed by atoms with Crippen molar-refractivity contribution in [2.45, 2.75) is 6.04 Å². The summed E-state index contributed by atoms with van der Waals surface area (Å²) in [6.45, 7) is 1.12. The van der Waals surface area contributed by atoms with Crippen LogP contribution in [0.1, 0.15) is 11.6 Å². The van der Waals surface area contributed by atoms with Crippen LogP contribution in [0.25, 0.3) is 0 Å². The molecule has 0 N–H and O–H groups in total. The van der Waals surface area contributed by atoms with E-state index in [1.165, 1.54) is 11.3 Å². The molecule has 14 heavy (non-hydrogen) atoms. The molecular weight excluding hydrogens is 197 g/mol. The predicted octanol–water partition coefficient (Wildman–Crippen LogP) is 2.55. The van der Waals surface area contributed by atoms with Crippen molar-refractivity contribution in [3.05, 3.63) is 35.6 Å². The van der Waals surface area contributed by atoms with Crippen LogP contribution < -0.4 is 0 Å². The van der Waals surface area contributed by atoms with E-state index in [0.717, 1.165) is 12.3 Å². The Kier molecular flexibility index (Phi) is 3.08. The number of hydrogen-bond donors (Lipinski definition) is 0. The molecule has 1 nitrogen and oxygen atoms in total. The quantitative estimate of drug-likeness (QED) is 0.702. The molecule has 2 rings (SSSR count). The average Bonchev–Trinajstić information content (AvgIpc) is 2.20. The van der Waals surface area contributed by atoms with E-state index in [1.54, 1.807) is 12.1 Å². The summed E-state index contributed by atoms with van der Waals surface area (Å²) in [6, 6.07) is 7.32. The summed E-state index contributed by atoms with van der Waals surface area (Å²) in [5, 5.41) is 0. The molecule has 1 aliphatic heterocycles. The highest BCUT2D eigenvalue weighted by Gasteiger charge is 2.20. The van der Waals surface area contributed by atoms with Crippen LogP contribution in [0.5, 0.6) is 0 Å². The highest BCUT2D eigenvalue weighted by molar-refractivity contribution is 7.99. The lowest BCUT2D eigenvalue weighted by Crippen LogP contribution is -2.32. The number of hydrogen-bond acceptors (Lipinski definition) is 2. The van der Waals surface area contributed by atoms with Crippen LogP contribution in [0.2, 0.25) is 0 Å². The second-order valence-electron chi connectivity index (χ2n) is 3.62. The predicted molar refractivity (Wildman–Crippen MR) is 59.1 cm³/mol. The minimum Gasteiger partial charge on any atom is -0.298 e. The Morgan fingerprint density at radius 1 is 1.36 bits per heavy atom. The van der Waals surface area contributed by atoms with Gasteiger partial charge in [-0.05, 0) is 24.7 Å². The normalized spacial score (nSPS) is 23.7. The molecule has 0 amide bonds. The number of nitrogens with zero attached hydrogens (tertiary/aromatic N) is 1. The van der Waals surface area contributed by atoms with Crippen molar-refractivity contribution >= 4 is 11.8 Å². The fourth-order valence-corrected chi connectivity index (χ4v) is 2.98. The summed E-state index contributed by atoms with van der Waals surface area (Å²) in [5.74, 6) is 2.16. The van der Waals surface area contributed by atoms with Gasteiger partial charge < -0.3 is 0 Å². The van der Waals surface area contributed by atoms with E-state index in [2.05, 4.69) is 11.9 Å². The fourth-order valence-electron chi connectivity index (χ4n) is 1.72. The van der Waals surface area contributed by atoms with E-state index in [1.807, 2.05) is 23.9 Å². The lowest BCUT2D eigenvalue weighted by molar-refractivity contribution is 0.274. The molecule has 76 valence electrons. The SMILES string of the molecule is CN1CCSCC1c1ccc(F)cc1. The third-order valence-electron chi connectivity index (χ3n) is 2.65. The smallest absolute Gasteiger partial charge is 0.123 e. The minimum atomic E-state index is -0.153. The van der Waals surface area contributed by atoms with Gasteiger partial charge in [-0.1, -0.05) is 12.1 Å². The molecule has 0 spiro atoms. The van der Waals surface area contributed by atoms with Gasteiger partial charge in [-0.25, -0.2) is 4.39 Å². The summed E-state index contributed by atoms with van der Waals surface area (Å²) in [5.41, 5.74) is 1.22. The maximum absolute atomic E-state index is 12.7. The van der Waals surface area contributed by atoms with Crippen molar-refractivity contribution < 1.29 is 4.39 Å². The van der Waals surface area contributed by atoms with Crippen LogP contribution in [-0.4, -0.2) is 30.0 Å². The first kappa shape index (κ1) is 9.99. The summed E-state index contributed by atoms with van der Waals surface area (Å²) in [4.78, 5) is 2.34. The van der Waals surface area contributed by atoms with Gasteiger partial charge in [0, 0.05) is 24.1 Å². The van der Waals surface area contributed by atoms with Gasteiger partial charge in [0.1, 0.15) is 5.82 Å². The molecule has 1 fully saturated rings. The van der Waals surface area contributed by atoms with Crippen LogP contribution in [0.4, 0.5) is 4.39 Å². The Labute approximate surface area is 88.3 Å². The molecule has 3 heteroatoms. The first-order valence-corrected chi connectivity index (χ1v) is 5.96. The largest absolute Gasteiger partial charge is 0.298 e. The number of benzene rings is 1. The van der Waals surface area contributed by atoms with Crippen molar-refractivity contribution in [1.29, 1.82) is 0 Å². The monoisotopic (exact) mass is 211 g/mol. The van der Waals surface area contributed by atoms with E-state index in [-0.39, 0.29) is 5.82 Å². The second kappa shape index (κ2) is 4.32. The lowest BCUT2D eigenvalue weighted by atomic mass is 10.1. The van der Waals surface area contributed by atoms with Gasteiger partial charge in [0.15, 0.2) is 0 Å². The van der Waals surface area contributed by atoms with E-state index in [4.69, 9.17) is 0 Å². The molecule has 1 aromatic rings. The lowest BCUT2D eigenvalue weighted by Gasteiger charge is -2.32. The summed E-state index contributed by atoms with van der Waals surface area (Å²) in [7, 11) is 2.13. The van der Waals surface area contributed by atoms with Gasteiger partial charge >= 0.3 is 0 Å². The van der Waals surface area contributed by atoms with E-state index in [9.17, 15) is 4.39 Å². The third kappa shape index (κ3) is 2.10. The summed E-state index contributed by atoms with van der Waals surface area (Å²) in [6.07, 6.45) is 0. The molecule has 1 unspecified atom stereocenters. The highest BCUT2D eigenvalue weighted by Crippen LogP contribution is 2.27. The summed E-state index contributed by atoms with van der Waals surface area (Å²) >= 11 is 1.97. The highest BCUT2D eigenvalue weighted by atomic mass is 32.2. The molecular formula is C11H14FNS. The van der Waals surface area contributed by atoms with Crippen molar-refractivity contribution in [2.75, 3.05) is 25.1 Å². The second-order valence-corrected chi connectivity index (χ2v) is 4.77. The maximum atomic E-state index is 12.7. The van der Waals surface area contributed by atoms with Crippen LogP contribution in [0, 0.1) is 5.82 Å². The Balaban J connectivity index is 2.16. The van der Waals surface area contributed by atoms with Gasteiger partial charge in [-0.3, -0.25) is 4.90 Å².